The number of rotatable bonds is 9. The second kappa shape index (κ2) is 12.1. The van der Waals surface area contributed by atoms with Gasteiger partial charge in [-0.25, -0.2) is 13.1 Å². The first-order chi connectivity index (χ1) is 17.8. The summed E-state index contributed by atoms with van der Waals surface area (Å²) in [5, 5.41) is 2.93. The summed E-state index contributed by atoms with van der Waals surface area (Å²) in [6.07, 6.45) is 5.23. The van der Waals surface area contributed by atoms with Gasteiger partial charge in [-0.05, 0) is 63.3 Å². The summed E-state index contributed by atoms with van der Waals surface area (Å²) in [6.45, 7) is 4.90. The highest BCUT2D eigenvalue weighted by atomic mass is 32.2. The van der Waals surface area contributed by atoms with Crippen LogP contribution in [0.3, 0.4) is 0 Å². The van der Waals surface area contributed by atoms with Crippen molar-refractivity contribution in [1.82, 2.24) is 4.72 Å². The molecule has 1 aliphatic carbocycles. The summed E-state index contributed by atoms with van der Waals surface area (Å²) in [5.74, 6) is -0.682. The van der Waals surface area contributed by atoms with Gasteiger partial charge in [0.05, 0.1) is 18.2 Å². The van der Waals surface area contributed by atoms with Crippen molar-refractivity contribution in [2.24, 2.45) is 11.8 Å². The van der Waals surface area contributed by atoms with E-state index in [1.54, 1.807) is 26.0 Å². The number of nitrogens with one attached hydrogen (secondary N) is 2. The Balaban J connectivity index is 1.64. The lowest BCUT2D eigenvalue weighted by molar-refractivity contribution is -0.148. The fourth-order valence-electron chi connectivity index (χ4n) is 5.26. The quantitative estimate of drug-likeness (QED) is 0.461. The van der Waals surface area contributed by atoms with Gasteiger partial charge in [-0.1, -0.05) is 43.2 Å². The fraction of sp³-hybridized carbons (Fsp3) is 0.500. The largest absolute Gasteiger partial charge is 0.466 e. The summed E-state index contributed by atoms with van der Waals surface area (Å²) >= 11 is 0. The molecule has 8 nitrogen and oxygen atoms in total. The zero-order chi connectivity index (χ0) is 26.4. The van der Waals surface area contributed by atoms with Crippen LogP contribution < -0.4 is 14.9 Å². The highest BCUT2D eigenvalue weighted by molar-refractivity contribution is 7.89. The van der Waals surface area contributed by atoms with Crippen molar-refractivity contribution in [2.75, 3.05) is 29.9 Å². The Kier molecular flexibility index (Phi) is 8.87. The monoisotopic (exact) mass is 527 g/mol. The number of nitrogens with zero attached hydrogens (tertiary/aromatic N) is 1. The van der Waals surface area contributed by atoms with Crippen molar-refractivity contribution < 1.29 is 22.7 Å². The molecule has 1 saturated carbocycles. The van der Waals surface area contributed by atoms with Gasteiger partial charge in [0.25, 0.3) is 0 Å². The maximum absolute atomic E-state index is 13.7. The molecule has 200 valence electrons. The van der Waals surface area contributed by atoms with Gasteiger partial charge in [0.1, 0.15) is 4.90 Å². The number of amides is 1. The molecule has 2 fully saturated rings. The lowest BCUT2D eigenvalue weighted by atomic mass is 9.97. The Labute approximate surface area is 219 Å². The molecule has 1 aliphatic heterocycles. The van der Waals surface area contributed by atoms with E-state index in [9.17, 15) is 18.0 Å². The number of sulfonamides is 1. The molecule has 2 aliphatic rings. The summed E-state index contributed by atoms with van der Waals surface area (Å²) < 4.78 is 35.5. The van der Waals surface area contributed by atoms with Crippen LogP contribution in [0.15, 0.2) is 53.4 Å². The Hall–Kier alpha value is -2.91. The van der Waals surface area contributed by atoms with Crippen LogP contribution in [0, 0.1) is 11.8 Å². The molecule has 1 saturated heterocycles. The predicted octanol–water partition coefficient (Wildman–Crippen LogP) is 4.63. The molecule has 0 unspecified atom stereocenters. The van der Waals surface area contributed by atoms with Crippen molar-refractivity contribution in [3.8, 4) is 0 Å². The fourth-order valence-corrected chi connectivity index (χ4v) is 6.74. The lowest BCUT2D eigenvalue weighted by Gasteiger charge is -2.34. The molecule has 4 rings (SSSR count). The third-order valence-corrected chi connectivity index (χ3v) is 8.83. The number of benzene rings is 2. The van der Waals surface area contributed by atoms with E-state index in [1.165, 1.54) is 6.07 Å². The van der Waals surface area contributed by atoms with Gasteiger partial charge >= 0.3 is 5.97 Å². The van der Waals surface area contributed by atoms with Crippen LogP contribution in [0.1, 0.15) is 64.0 Å². The van der Waals surface area contributed by atoms with Crippen LogP contribution in [0.5, 0.6) is 0 Å². The molecule has 2 N–H and O–H groups in total. The molecule has 1 amide bonds. The Morgan fingerprint density at radius 2 is 1.73 bits per heavy atom. The van der Waals surface area contributed by atoms with E-state index < -0.39 is 16.1 Å². The van der Waals surface area contributed by atoms with Crippen LogP contribution in [0.25, 0.3) is 0 Å². The zero-order valence-corrected chi connectivity index (χ0v) is 22.4. The minimum Gasteiger partial charge on any atom is -0.466 e. The van der Waals surface area contributed by atoms with Gasteiger partial charge < -0.3 is 15.0 Å². The molecule has 0 bridgehead atoms. The van der Waals surface area contributed by atoms with E-state index in [1.807, 2.05) is 35.2 Å². The maximum atomic E-state index is 13.7. The number of hydrogen-bond acceptors (Lipinski definition) is 6. The van der Waals surface area contributed by atoms with Gasteiger partial charge in [-0.15, -0.1) is 0 Å². The number of carbonyl (C=O) groups is 2. The molecule has 1 heterocycles. The summed E-state index contributed by atoms with van der Waals surface area (Å²) in [6, 6.07) is 13.9. The third-order valence-electron chi connectivity index (χ3n) is 7.26. The Morgan fingerprint density at radius 3 is 2.43 bits per heavy atom. The van der Waals surface area contributed by atoms with Gasteiger partial charge in [-0.2, -0.15) is 0 Å². The van der Waals surface area contributed by atoms with Crippen LogP contribution in [0.4, 0.5) is 11.4 Å². The van der Waals surface area contributed by atoms with Crippen LogP contribution in [-0.2, 0) is 24.3 Å². The van der Waals surface area contributed by atoms with Crippen molar-refractivity contribution in [1.29, 1.82) is 0 Å². The Morgan fingerprint density at radius 1 is 1.03 bits per heavy atom. The van der Waals surface area contributed by atoms with Gasteiger partial charge in [0.2, 0.25) is 15.9 Å². The first-order valence-electron chi connectivity index (χ1n) is 13.2. The average molecular weight is 528 g/mol. The highest BCUT2D eigenvalue weighted by Gasteiger charge is 2.31. The minimum atomic E-state index is -3.97. The first-order valence-corrected chi connectivity index (χ1v) is 14.7. The van der Waals surface area contributed by atoms with E-state index in [2.05, 4.69) is 10.0 Å². The minimum absolute atomic E-state index is 0.0385. The van der Waals surface area contributed by atoms with Gasteiger partial charge in [0, 0.05) is 30.7 Å². The number of esters is 1. The van der Waals surface area contributed by atoms with E-state index in [-0.39, 0.29) is 28.6 Å². The molecular weight excluding hydrogens is 490 g/mol. The molecule has 0 spiro atoms. The predicted molar refractivity (Wildman–Crippen MR) is 144 cm³/mol. The van der Waals surface area contributed by atoms with E-state index in [0.29, 0.717) is 37.5 Å². The third kappa shape index (κ3) is 6.70. The number of piperidine rings is 1. The van der Waals surface area contributed by atoms with Gasteiger partial charge in [-0.3, -0.25) is 9.59 Å². The normalized spacial score (nSPS) is 19.4. The number of anilines is 2. The maximum Gasteiger partial charge on any atom is 0.310 e. The molecule has 37 heavy (non-hydrogen) atoms. The van der Waals surface area contributed by atoms with Crippen molar-refractivity contribution in [3.05, 3.63) is 54.1 Å². The van der Waals surface area contributed by atoms with Crippen molar-refractivity contribution >= 4 is 33.3 Å². The summed E-state index contributed by atoms with van der Waals surface area (Å²) in [4.78, 5) is 27.2. The second-order valence-electron chi connectivity index (χ2n) is 9.94. The molecule has 2 aromatic carbocycles. The topological polar surface area (TPSA) is 105 Å². The average Bonchev–Trinajstić information content (AvgIpc) is 3.45. The first kappa shape index (κ1) is 27.1. The lowest BCUT2D eigenvalue weighted by Crippen LogP contribution is -2.40. The molecule has 9 heteroatoms. The van der Waals surface area contributed by atoms with Crippen LogP contribution in [0.2, 0.25) is 0 Å². The molecule has 2 aromatic rings. The summed E-state index contributed by atoms with van der Waals surface area (Å²) in [5.41, 5.74) is 1.81. The van der Waals surface area contributed by atoms with Crippen LogP contribution in [-0.4, -0.2) is 40.0 Å². The van der Waals surface area contributed by atoms with E-state index in [4.69, 9.17) is 4.74 Å². The SMILES string of the molecule is CCOC(=O)[C@@H]1CCCN(c2ccc(NC(=O)C3CCCC3)cc2S(=O)(=O)N[C@H](C)c2ccccc2)C1. The second-order valence-corrected chi connectivity index (χ2v) is 11.6. The molecule has 0 radical (unpaired) electrons. The molecule has 0 aromatic heterocycles. The van der Waals surface area contributed by atoms with E-state index in [0.717, 1.165) is 37.7 Å². The van der Waals surface area contributed by atoms with E-state index >= 15 is 0 Å². The summed E-state index contributed by atoms with van der Waals surface area (Å²) in [7, 11) is -3.97. The highest BCUT2D eigenvalue weighted by Crippen LogP contribution is 2.34. The van der Waals surface area contributed by atoms with Gasteiger partial charge in [0.15, 0.2) is 0 Å². The number of hydrogen-bond donors (Lipinski definition) is 2. The van der Waals surface area contributed by atoms with Crippen molar-refractivity contribution in [3.63, 3.8) is 0 Å². The zero-order valence-electron chi connectivity index (χ0n) is 21.6. The molecular formula is C28H37N3O5S. The number of carbonyl (C=O) groups excluding carboxylic acids is 2. The molecule has 2 atom stereocenters. The smallest absolute Gasteiger partial charge is 0.310 e. The van der Waals surface area contributed by atoms with Crippen molar-refractivity contribution in [2.45, 2.75) is 63.3 Å². The Bertz CT molecular complexity index is 1200. The standard InChI is InChI=1S/C28H37N3O5S/c1-3-36-28(33)23-14-9-17-31(19-23)25-16-15-24(29-27(32)22-12-7-8-13-22)18-26(25)37(34,35)30-20(2)21-10-5-4-6-11-21/h4-6,10-11,15-16,18,20,22-23,30H,3,7-9,12-14,17,19H2,1-2H3,(H,29,32)/t20-,23-/m1/s1. The number of ether oxygens (including phenoxy) is 1. The van der Waals surface area contributed by atoms with Crippen LogP contribution >= 0.6 is 0 Å².